The number of morpholine rings is 1. The highest BCUT2D eigenvalue weighted by molar-refractivity contribution is 7.99. The number of rotatable bonds is 5. The molecule has 0 unspecified atom stereocenters. The van der Waals surface area contributed by atoms with E-state index in [0.717, 1.165) is 5.03 Å². The molecule has 2 heterocycles. The summed E-state index contributed by atoms with van der Waals surface area (Å²) < 4.78 is 31.8. The molecule has 1 atom stereocenters. The van der Waals surface area contributed by atoms with Gasteiger partial charge in [0.05, 0.1) is 18.2 Å². The molecule has 1 fully saturated rings. The van der Waals surface area contributed by atoms with Crippen LogP contribution in [0.4, 0.5) is 0 Å². The molecule has 0 N–H and O–H groups in total. The Balaban J connectivity index is 1.71. The summed E-state index contributed by atoms with van der Waals surface area (Å²) in [5.41, 5.74) is 1.22. The highest BCUT2D eigenvalue weighted by atomic mass is 32.2. The lowest BCUT2D eigenvalue weighted by Gasteiger charge is -2.25. The van der Waals surface area contributed by atoms with E-state index in [1.165, 1.54) is 16.1 Å². The smallest absolute Gasteiger partial charge is 0.244 e. The van der Waals surface area contributed by atoms with Crippen LogP contribution >= 0.6 is 11.8 Å². The summed E-state index contributed by atoms with van der Waals surface area (Å²) in [6, 6.07) is 13.6. The largest absolute Gasteiger partial charge is 0.379 e. The van der Waals surface area contributed by atoms with Crippen LogP contribution in [0.3, 0.4) is 0 Å². The summed E-state index contributed by atoms with van der Waals surface area (Å²) in [5.74, 6) is 0. The van der Waals surface area contributed by atoms with Gasteiger partial charge in [0, 0.05) is 24.5 Å². The molecule has 2 aromatic rings. The number of hydrogen-bond acceptors (Lipinski definition) is 5. The number of pyridine rings is 1. The van der Waals surface area contributed by atoms with Gasteiger partial charge in [-0.3, -0.25) is 0 Å². The normalized spacial score (nSPS) is 17.5. The zero-order valence-electron chi connectivity index (χ0n) is 13.5. The van der Waals surface area contributed by atoms with Gasteiger partial charge in [-0.2, -0.15) is 4.31 Å². The van der Waals surface area contributed by atoms with Crippen LogP contribution in [0.1, 0.15) is 17.7 Å². The molecule has 1 aliphatic rings. The van der Waals surface area contributed by atoms with E-state index in [1.807, 2.05) is 18.2 Å². The van der Waals surface area contributed by atoms with Crippen LogP contribution in [-0.2, 0) is 14.8 Å². The second-order valence-electron chi connectivity index (χ2n) is 5.52. The Morgan fingerprint density at radius 1 is 1.12 bits per heavy atom. The Labute approximate surface area is 147 Å². The third kappa shape index (κ3) is 3.97. The van der Waals surface area contributed by atoms with Crippen LogP contribution in [0.2, 0.25) is 0 Å². The third-order valence-electron chi connectivity index (χ3n) is 3.88. The first-order valence-electron chi connectivity index (χ1n) is 7.83. The fourth-order valence-corrected chi connectivity index (χ4v) is 4.77. The topological polar surface area (TPSA) is 59.5 Å². The van der Waals surface area contributed by atoms with Gasteiger partial charge in [0.1, 0.15) is 4.90 Å². The molecule has 0 amide bonds. The Morgan fingerprint density at radius 3 is 2.46 bits per heavy atom. The van der Waals surface area contributed by atoms with Crippen LogP contribution in [0.5, 0.6) is 0 Å². The van der Waals surface area contributed by atoms with Crippen molar-refractivity contribution in [3.8, 4) is 0 Å². The molecule has 0 bridgehead atoms. The maximum absolute atomic E-state index is 12.6. The van der Waals surface area contributed by atoms with Crippen molar-refractivity contribution in [3.63, 3.8) is 0 Å². The number of sulfonamides is 1. The van der Waals surface area contributed by atoms with Crippen molar-refractivity contribution in [2.45, 2.75) is 22.1 Å². The standard InChI is InChI=1S/C17H20N2O3S2/c1-14(15-5-3-2-4-6-15)23-17-8-7-16(13-18-17)24(20,21)19-9-11-22-12-10-19/h2-8,13-14H,9-12H2,1H3/t14-/m1/s1. The molecule has 3 rings (SSSR count). The van der Waals surface area contributed by atoms with E-state index in [2.05, 4.69) is 24.0 Å². The average Bonchev–Trinajstić information content (AvgIpc) is 2.63. The number of thioether (sulfide) groups is 1. The molecular formula is C17H20N2O3S2. The maximum Gasteiger partial charge on any atom is 0.244 e. The molecule has 0 saturated carbocycles. The van der Waals surface area contributed by atoms with E-state index in [-0.39, 0.29) is 10.1 Å². The van der Waals surface area contributed by atoms with E-state index in [1.54, 1.807) is 23.9 Å². The van der Waals surface area contributed by atoms with Crippen LogP contribution in [-0.4, -0.2) is 44.0 Å². The van der Waals surface area contributed by atoms with Crippen molar-refractivity contribution >= 4 is 21.8 Å². The number of aromatic nitrogens is 1. The Hall–Kier alpha value is -1.41. The van der Waals surface area contributed by atoms with Gasteiger partial charge in [0.25, 0.3) is 0 Å². The Bertz CT molecular complexity index is 758. The molecule has 1 aromatic carbocycles. The van der Waals surface area contributed by atoms with E-state index < -0.39 is 10.0 Å². The van der Waals surface area contributed by atoms with E-state index in [4.69, 9.17) is 4.74 Å². The molecule has 5 nitrogen and oxygen atoms in total. The van der Waals surface area contributed by atoms with Crippen LogP contribution in [0.15, 0.2) is 58.6 Å². The maximum atomic E-state index is 12.6. The Kier molecular flexibility index (Phi) is 5.55. The van der Waals surface area contributed by atoms with Gasteiger partial charge in [0.2, 0.25) is 10.0 Å². The van der Waals surface area contributed by atoms with E-state index >= 15 is 0 Å². The van der Waals surface area contributed by atoms with Gasteiger partial charge in [-0.15, -0.1) is 0 Å². The lowest BCUT2D eigenvalue weighted by Crippen LogP contribution is -2.40. The van der Waals surface area contributed by atoms with Crippen molar-refractivity contribution in [1.82, 2.24) is 9.29 Å². The van der Waals surface area contributed by atoms with Crippen LogP contribution in [0, 0.1) is 0 Å². The second-order valence-corrected chi connectivity index (χ2v) is 8.82. The Morgan fingerprint density at radius 2 is 1.83 bits per heavy atom. The van der Waals surface area contributed by atoms with Gasteiger partial charge < -0.3 is 4.74 Å². The minimum Gasteiger partial charge on any atom is -0.379 e. The highest BCUT2D eigenvalue weighted by Crippen LogP contribution is 2.33. The molecule has 0 radical (unpaired) electrons. The summed E-state index contributed by atoms with van der Waals surface area (Å²) in [7, 11) is -3.48. The molecular weight excluding hydrogens is 344 g/mol. The van der Waals surface area contributed by atoms with E-state index in [0.29, 0.717) is 26.3 Å². The third-order valence-corrected chi connectivity index (χ3v) is 6.87. The van der Waals surface area contributed by atoms with Gasteiger partial charge in [-0.1, -0.05) is 42.1 Å². The van der Waals surface area contributed by atoms with Gasteiger partial charge in [0.15, 0.2) is 0 Å². The SMILES string of the molecule is C[C@@H](Sc1ccc(S(=O)(=O)N2CCOCC2)cn1)c1ccccc1. The van der Waals surface area contributed by atoms with Gasteiger partial charge >= 0.3 is 0 Å². The molecule has 0 aliphatic carbocycles. The van der Waals surface area contributed by atoms with Crippen molar-refractivity contribution < 1.29 is 13.2 Å². The lowest BCUT2D eigenvalue weighted by atomic mass is 10.2. The molecule has 1 saturated heterocycles. The zero-order valence-corrected chi connectivity index (χ0v) is 15.1. The van der Waals surface area contributed by atoms with Gasteiger partial charge in [-0.05, 0) is 24.6 Å². The van der Waals surface area contributed by atoms with Crippen molar-refractivity contribution in [3.05, 3.63) is 54.2 Å². The summed E-state index contributed by atoms with van der Waals surface area (Å²) >= 11 is 1.61. The number of nitrogens with zero attached hydrogens (tertiary/aromatic N) is 2. The van der Waals surface area contributed by atoms with Gasteiger partial charge in [-0.25, -0.2) is 13.4 Å². The molecule has 1 aliphatic heterocycles. The second kappa shape index (κ2) is 7.65. The number of benzene rings is 1. The number of hydrogen-bond donors (Lipinski definition) is 0. The van der Waals surface area contributed by atoms with Crippen molar-refractivity contribution in [2.24, 2.45) is 0 Å². The average molecular weight is 364 g/mol. The predicted molar refractivity (Wildman–Crippen MR) is 94.5 cm³/mol. The first kappa shape index (κ1) is 17.4. The minimum atomic E-state index is -3.48. The fourth-order valence-electron chi connectivity index (χ4n) is 2.50. The first-order valence-corrected chi connectivity index (χ1v) is 10.1. The predicted octanol–water partition coefficient (Wildman–Crippen LogP) is 2.96. The highest BCUT2D eigenvalue weighted by Gasteiger charge is 2.26. The molecule has 24 heavy (non-hydrogen) atoms. The van der Waals surface area contributed by atoms with Crippen LogP contribution in [0.25, 0.3) is 0 Å². The first-order chi connectivity index (χ1) is 11.6. The molecule has 0 spiro atoms. The summed E-state index contributed by atoms with van der Waals surface area (Å²) in [5, 5.41) is 1.06. The molecule has 7 heteroatoms. The van der Waals surface area contributed by atoms with E-state index in [9.17, 15) is 8.42 Å². The molecule has 1 aromatic heterocycles. The monoisotopic (exact) mass is 364 g/mol. The number of ether oxygens (including phenoxy) is 1. The quantitative estimate of drug-likeness (QED) is 0.764. The fraction of sp³-hybridized carbons (Fsp3) is 0.353. The van der Waals surface area contributed by atoms with Crippen molar-refractivity contribution in [1.29, 1.82) is 0 Å². The minimum absolute atomic E-state index is 0.237. The summed E-state index contributed by atoms with van der Waals surface area (Å²) in [6.07, 6.45) is 1.45. The summed E-state index contributed by atoms with van der Waals surface area (Å²) in [4.78, 5) is 4.57. The van der Waals surface area contributed by atoms with Crippen LogP contribution < -0.4 is 0 Å². The summed E-state index contributed by atoms with van der Waals surface area (Å²) in [6.45, 7) is 3.78. The molecule has 128 valence electrons. The zero-order chi connectivity index (χ0) is 17.0. The lowest BCUT2D eigenvalue weighted by molar-refractivity contribution is 0.0730. The van der Waals surface area contributed by atoms with Crippen molar-refractivity contribution in [2.75, 3.05) is 26.3 Å².